The molecule has 0 radical (unpaired) electrons. The molecule has 3 heterocycles. The lowest BCUT2D eigenvalue weighted by Crippen LogP contribution is -2.48. The Balaban J connectivity index is 1.68. The number of rotatable bonds is 4. The number of ketones is 1. The molecule has 7 nitrogen and oxygen atoms in total. The molecule has 1 aromatic carbocycles. The molecule has 168 valence electrons. The number of amides is 2. The number of piperidine rings is 1. The maximum Gasteiger partial charge on any atom is 0.409 e. The first-order valence-electron chi connectivity index (χ1n) is 10.4. The molecule has 0 spiro atoms. The van der Waals surface area contributed by atoms with Gasteiger partial charge in [0.25, 0.3) is 11.7 Å². The molecule has 0 bridgehead atoms. The van der Waals surface area contributed by atoms with E-state index in [0.717, 1.165) is 4.88 Å². The van der Waals surface area contributed by atoms with Crippen molar-refractivity contribution in [1.82, 2.24) is 9.80 Å². The Hall–Kier alpha value is -3.20. The second-order valence-electron chi connectivity index (χ2n) is 7.65. The van der Waals surface area contributed by atoms with Crippen molar-refractivity contribution in [2.24, 2.45) is 0 Å². The first kappa shape index (κ1) is 22.0. The molecule has 2 saturated heterocycles. The summed E-state index contributed by atoms with van der Waals surface area (Å²) in [5, 5.41) is 12.8. The third kappa shape index (κ3) is 4.00. The van der Waals surface area contributed by atoms with Crippen LogP contribution in [0.2, 0.25) is 0 Å². The third-order valence-electron chi connectivity index (χ3n) is 5.79. The van der Waals surface area contributed by atoms with Gasteiger partial charge in [0.05, 0.1) is 18.2 Å². The van der Waals surface area contributed by atoms with E-state index in [-0.39, 0.29) is 35.6 Å². The number of aliphatic hydroxyl groups excluding tert-OH is 1. The number of ether oxygens (including phenoxy) is 1. The van der Waals surface area contributed by atoms with Crippen LogP contribution < -0.4 is 0 Å². The number of likely N-dealkylation sites (tertiary alicyclic amines) is 2. The zero-order valence-electron chi connectivity index (χ0n) is 17.5. The molecule has 2 aliphatic heterocycles. The zero-order chi connectivity index (χ0) is 22.8. The highest BCUT2D eigenvalue weighted by atomic mass is 32.1. The quantitative estimate of drug-likeness (QED) is 0.426. The molecule has 32 heavy (non-hydrogen) atoms. The maximum absolute atomic E-state index is 13.3. The summed E-state index contributed by atoms with van der Waals surface area (Å²) >= 11 is 1.39. The number of hydrogen-bond donors (Lipinski definition) is 1. The van der Waals surface area contributed by atoms with Gasteiger partial charge in [0.2, 0.25) is 0 Å². The smallest absolute Gasteiger partial charge is 0.409 e. The van der Waals surface area contributed by atoms with Gasteiger partial charge in [-0.15, -0.1) is 11.3 Å². The lowest BCUT2D eigenvalue weighted by Gasteiger charge is -2.38. The fourth-order valence-electron chi connectivity index (χ4n) is 4.26. The van der Waals surface area contributed by atoms with Gasteiger partial charge in [0.1, 0.15) is 11.6 Å². The fraction of sp³-hybridized carbons (Fsp3) is 0.348. The molecular weight excluding hydrogens is 435 g/mol. The lowest BCUT2D eigenvalue weighted by atomic mass is 9.97. The van der Waals surface area contributed by atoms with Crippen LogP contribution in [0.1, 0.15) is 36.2 Å². The average Bonchev–Trinajstić information content (AvgIpc) is 3.41. The van der Waals surface area contributed by atoms with E-state index >= 15 is 0 Å². The van der Waals surface area contributed by atoms with Crippen LogP contribution in [0, 0.1) is 5.82 Å². The van der Waals surface area contributed by atoms with E-state index in [2.05, 4.69) is 0 Å². The van der Waals surface area contributed by atoms with Gasteiger partial charge in [-0.25, -0.2) is 9.18 Å². The van der Waals surface area contributed by atoms with Crippen LogP contribution in [0.15, 0.2) is 47.4 Å². The minimum absolute atomic E-state index is 0.00289. The number of nitrogens with zero attached hydrogens (tertiary/aromatic N) is 2. The molecule has 0 aliphatic carbocycles. The second kappa shape index (κ2) is 9.12. The highest BCUT2D eigenvalue weighted by Gasteiger charge is 2.49. The summed E-state index contributed by atoms with van der Waals surface area (Å²) in [5.41, 5.74) is 0.264. The monoisotopic (exact) mass is 458 g/mol. The number of hydrogen-bond acceptors (Lipinski definition) is 6. The standard InChI is InChI=1S/C23H23FN2O5S/c1-2-31-23(30)25-11-9-16(10-12-25)26-19(17-4-3-13-32-17)18(21(28)22(26)29)20(27)14-5-7-15(24)8-6-14/h3-8,13,16,19,27H,2,9-12H2,1H3/b20-18-. The Morgan fingerprint density at radius 3 is 2.47 bits per heavy atom. The van der Waals surface area contributed by atoms with Gasteiger partial charge >= 0.3 is 6.09 Å². The summed E-state index contributed by atoms with van der Waals surface area (Å²) in [6.07, 6.45) is 0.591. The van der Waals surface area contributed by atoms with Gasteiger partial charge in [-0.3, -0.25) is 9.59 Å². The van der Waals surface area contributed by atoms with Crippen LogP contribution >= 0.6 is 11.3 Å². The molecule has 2 aromatic rings. The molecule has 2 fully saturated rings. The van der Waals surface area contributed by atoms with E-state index in [1.54, 1.807) is 11.8 Å². The van der Waals surface area contributed by atoms with Crippen LogP contribution in [-0.2, 0) is 14.3 Å². The highest BCUT2D eigenvalue weighted by molar-refractivity contribution is 7.10. The zero-order valence-corrected chi connectivity index (χ0v) is 18.3. The Bertz CT molecular complexity index is 1040. The molecule has 1 N–H and O–H groups in total. The van der Waals surface area contributed by atoms with Gasteiger partial charge in [-0.05, 0) is 55.5 Å². The summed E-state index contributed by atoms with van der Waals surface area (Å²) in [7, 11) is 0. The van der Waals surface area contributed by atoms with Crippen molar-refractivity contribution in [1.29, 1.82) is 0 Å². The largest absolute Gasteiger partial charge is 0.507 e. The number of Topliss-reactive ketones (excluding diaryl/α,β-unsaturated/α-hetero) is 1. The SMILES string of the molecule is CCOC(=O)N1CCC(N2C(=O)C(=O)/C(=C(\O)c3ccc(F)cc3)C2c2cccs2)CC1. The Morgan fingerprint density at radius 1 is 1.19 bits per heavy atom. The number of benzene rings is 1. The van der Waals surface area contributed by atoms with Crippen molar-refractivity contribution in [3.8, 4) is 0 Å². The van der Waals surface area contributed by atoms with E-state index in [9.17, 15) is 23.9 Å². The second-order valence-corrected chi connectivity index (χ2v) is 8.63. The maximum atomic E-state index is 13.3. The summed E-state index contributed by atoms with van der Waals surface area (Å²) in [5.74, 6) is -2.24. The molecule has 2 aliphatic rings. The van der Waals surface area contributed by atoms with Crippen LogP contribution in [0.4, 0.5) is 9.18 Å². The van der Waals surface area contributed by atoms with E-state index in [4.69, 9.17) is 4.74 Å². The van der Waals surface area contributed by atoms with Crippen molar-refractivity contribution in [3.63, 3.8) is 0 Å². The third-order valence-corrected chi connectivity index (χ3v) is 6.72. The summed E-state index contributed by atoms with van der Waals surface area (Å²) in [4.78, 5) is 42.0. The summed E-state index contributed by atoms with van der Waals surface area (Å²) in [6.45, 7) is 2.84. The number of carbonyl (C=O) groups excluding carboxylic acids is 3. The van der Waals surface area contributed by atoms with E-state index < -0.39 is 23.5 Å². The number of carbonyl (C=O) groups is 3. The number of thiophene rings is 1. The van der Waals surface area contributed by atoms with Crippen LogP contribution in [0.5, 0.6) is 0 Å². The Morgan fingerprint density at radius 2 is 1.88 bits per heavy atom. The molecule has 2 amide bonds. The Kier molecular flexibility index (Phi) is 6.27. The normalized spacial score (nSPS) is 21.2. The van der Waals surface area contributed by atoms with Crippen molar-refractivity contribution in [2.75, 3.05) is 19.7 Å². The molecule has 9 heteroatoms. The first-order chi connectivity index (χ1) is 15.4. The van der Waals surface area contributed by atoms with Crippen LogP contribution in [-0.4, -0.2) is 58.4 Å². The minimum Gasteiger partial charge on any atom is -0.507 e. The lowest BCUT2D eigenvalue weighted by molar-refractivity contribution is -0.142. The molecular formula is C23H23FN2O5S. The predicted octanol–water partition coefficient (Wildman–Crippen LogP) is 3.93. The van der Waals surface area contributed by atoms with Gasteiger partial charge in [0.15, 0.2) is 0 Å². The molecule has 1 unspecified atom stereocenters. The van der Waals surface area contributed by atoms with Crippen LogP contribution in [0.3, 0.4) is 0 Å². The number of aliphatic hydroxyl groups is 1. The average molecular weight is 459 g/mol. The number of halogens is 1. The summed E-state index contributed by atoms with van der Waals surface area (Å²) in [6, 6.07) is 7.76. The van der Waals surface area contributed by atoms with Crippen molar-refractivity contribution in [2.45, 2.75) is 31.8 Å². The van der Waals surface area contributed by atoms with E-state index in [1.165, 1.54) is 40.5 Å². The van der Waals surface area contributed by atoms with Crippen LogP contribution in [0.25, 0.3) is 5.76 Å². The van der Waals surface area contributed by atoms with E-state index in [0.29, 0.717) is 25.9 Å². The topological polar surface area (TPSA) is 87.2 Å². The van der Waals surface area contributed by atoms with Gasteiger partial charge in [-0.2, -0.15) is 0 Å². The van der Waals surface area contributed by atoms with Crippen molar-refractivity contribution < 1.29 is 28.6 Å². The summed E-state index contributed by atoms with van der Waals surface area (Å²) < 4.78 is 18.4. The predicted molar refractivity (Wildman–Crippen MR) is 116 cm³/mol. The highest BCUT2D eigenvalue weighted by Crippen LogP contribution is 2.43. The first-order valence-corrected chi connectivity index (χ1v) is 11.3. The fourth-order valence-corrected chi connectivity index (χ4v) is 5.09. The molecule has 1 atom stereocenters. The Labute approximate surface area is 188 Å². The van der Waals surface area contributed by atoms with Gasteiger partial charge < -0.3 is 19.6 Å². The minimum atomic E-state index is -0.766. The van der Waals surface area contributed by atoms with E-state index in [1.807, 2.05) is 17.5 Å². The van der Waals surface area contributed by atoms with Gasteiger partial charge in [0, 0.05) is 29.6 Å². The van der Waals surface area contributed by atoms with Crippen molar-refractivity contribution >= 4 is 34.9 Å². The molecule has 4 rings (SSSR count). The van der Waals surface area contributed by atoms with Gasteiger partial charge in [-0.1, -0.05) is 6.07 Å². The molecule has 1 aromatic heterocycles. The molecule has 0 saturated carbocycles. The van der Waals surface area contributed by atoms with Crippen molar-refractivity contribution in [3.05, 3.63) is 63.6 Å².